The smallest absolute Gasteiger partial charge is 0.411 e. The summed E-state index contributed by atoms with van der Waals surface area (Å²) in [5, 5.41) is 8.83. The molecule has 0 aromatic carbocycles. The van der Waals surface area contributed by atoms with Crippen LogP contribution in [0.15, 0.2) is 0 Å². The van der Waals surface area contributed by atoms with E-state index < -0.39 is 6.09 Å². The van der Waals surface area contributed by atoms with E-state index in [2.05, 4.69) is 11.8 Å². The van der Waals surface area contributed by atoms with E-state index in [0.717, 1.165) is 0 Å². The lowest BCUT2D eigenvalue weighted by atomic mass is 10.3. The molecule has 1 N–H and O–H groups in total. The second-order valence-corrected chi connectivity index (χ2v) is 2.47. The predicted molar refractivity (Wildman–Crippen MR) is 42.4 cm³/mol. The molecule has 1 aliphatic heterocycles. The number of ether oxygens (including phenoxy) is 1. The molecule has 0 radical (unpaired) electrons. The van der Waals surface area contributed by atoms with Crippen molar-refractivity contribution in [3.8, 4) is 11.8 Å². The molecule has 4 nitrogen and oxygen atoms in total. The van der Waals surface area contributed by atoms with Gasteiger partial charge < -0.3 is 9.84 Å². The quantitative estimate of drug-likeness (QED) is 0.583. The number of nitrogens with zero attached hydrogens (tertiary/aromatic N) is 1. The number of amides is 1. The van der Waals surface area contributed by atoms with Crippen LogP contribution in [-0.2, 0) is 4.74 Å². The average Bonchev–Trinajstić information content (AvgIpc) is 2.43. The average molecular weight is 169 g/mol. The van der Waals surface area contributed by atoms with Crippen LogP contribution in [0.2, 0.25) is 0 Å². The third-order valence-electron chi connectivity index (χ3n) is 1.71. The molecule has 66 valence electrons. The van der Waals surface area contributed by atoms with Crippen molar-refractivity contribution in [2.24, 2.45) is 0 Å². The minimum atomic E-state index is -0.392. The van der Waals surface area contributed by atoms with Crippen molar-refractivity contribution in [3.05, 3.63) is 0 Å². The van der Waals surface area contributed by atoms with Crippen LogP contribution in [0.4, 0.5) is 4.79 Å². The Hall–Kier alpha value is -1.21. The fourth-order valence-electron chi connectivity index (χ4n) is 0.999. The van der Waals surface area contributed by atoms with Gasteiger partial charge in [0.15, 0.2) is 0 Å². The molecule has 0 bridgehead atoms. The monoisotopic (exact) mass is 169 g/mol. The highest BCUT2D eigenvalue weighted by molar-refractivity contribution is 5.70. The summed E-state index contributed by atoms with van der Waals surface area (Å²) >= 11 is 0. The van der Waals surface area contributed by atoms with Crippen molar-refractivity contribution in [3.63, 3.8) is 0 Å². The minimum absolute atomic E-state index is 0.0723. The summed E-state index contributed by atoms with van der Waals surface area (Å²) in [6.45, 7) is 2.23. The summed E-state index contributed by atoms with van der Waals surface area (Å²) in [6, 6.07) is -0.224. The van der Waals surface area contributed by atoms with Gasteiger partial charge in [-0.25, -0.2) is 4.79 Å². The number of rotatable bonds is 2. The van der Waals surface area contributed by atoms with Gasteiger partial charge in [-0.1, -0.05) is 5.92 Å². The molecule has 1 fully saturated rings. The van der Waals surface area contributed by atoms with E-state index in [1.807, 2.05) is 0 Å². The molecule has 1 amide bonds. The van der Waals surface area contributed by atoms with Crippen LogP contribution in [-0.4, -0.2) is 41.9 Å². The fraction of sp³-hybridized carbons (Fsp3) is 0.625. The summed E-state index contributed by atoms with van der Waals surface area (Å²) in [7, 11) is 0. The van der Waals surface area contributed by atoms with Gasteiger partial charge >= 0.3 is 6.09 Å². The molecule has 0 aromatic heterocycles. The number of carbonyl (C=O) groups excluding carboxylic acids is 1. The summed E-state index contributed by atoms with van der Waals surface area (Å²) < 4.78 is 4.73. The zero-order chi connectivity index (χ0) is 8.97. The first-order valence-corrected chi connectivity index (χ1v) is 3.73. The molecule has 1 aliphatic rings. The highest BCUT2D eigenvalue weighted by Crippen LogP contribution is 2.10. The minimum Gasteiger partial charge on any atom is -0.447 e. The van der Waals surface area contributed by atoms with E-state index in [1.165, 1.54) is 4.90 Å². The Morgan fingerprint density at radius 1 is 1.83 bits per heavy atom. The summed E-state index contributed by atoms with van der Waals surface area (Å²) in [5.74, 6) is 5.43. The third kappa shape index (κ3) is 1.69. The molecule has 1 heterocycles. The number of aliphatic hydroxyl groups is 1. The zero-order valence-electron chi connectivity index (χ0n) is 6.91. The first kappa shape index (κ1) is 8.88. The van der Waals surface area contributed by atoms with Crippen molar-refractivity contribution in [2.45, 2.75) is 13.0 Å². The Bertz CT molecular complexity index is 228. The summed E-state index contributed by atoms with van der Waals surface area (Å²) in [6.07, 6.45) is -0.392. The molecule has 12 heavy (non-hydrogen) atoms. The SMILES string of the molecule is CC#CCN1C(=O)OC[C@@H]1CO. The van der Waals surface area contributed by atoms with Crippen LogP contribution >= 0.6 is 0 Å². The van der Waals surface area contributed by atoms with Crippen molar-refractivity contribution in [1.29, 1.82) is 0 Å². The van der Waals surface area contributed by atoms with Gasteiger partial charge in [0, 0.05) is 0 Å². The first-order valence-electron chi connectivity index (χ1n) is 3.73. The summed E-state index contributed by atoms with van der Waals surface area (Å²) in [5.41, 5.74) is 0. The van der Waals surface area contributed by atoms with Crippen LogP contribution < -0.4 is 0 Å². The zero-order valence-corrected chi connectivity index (χ0v) is 6.91. The molecule has 0 aromatic rings. The van der Waals surface area contributed by atoms with Crippen molar-refractivity contribution in [2.75, 3.05) is 19.8 Å². The normalized spacial score (nSPS) is 21.7. The van der Waals surface area contributed by atoms with Crippen LogP contribution in [0.3, 0.4) is 0 Å². The Balaban J connectivity index is 2.55. The molecule has 0 spiro atoms. The van der Waals surface area contributed by atoms with Gasteiger partial charge in [0.05, 0.1) is 19.2 Å². The molecular weight excluding hydrogens is 158 g/mol. The standard InChI is InChI=1S/C8H11NO3/c1-2-3-4-9-7(5-10)6-12-8(9)11/h7,10H,4-6H2,1H3/t7-/m0/s1. The maximum Gasteiger partial charge on any atom is 0.411 e. The topological polar surface area (TPSA) is 49.8 Å². The summed E-state index contributed by atoms with van der Waals surface area (Å²) in [4.78, 5) is 12.4. The molecule has 4 heteroatoms. The van der Waals surface area contributed by atoms with Gasteiger partial charge in [-0.05, 0) is 6.92 Å². The third-order valence-corrected chi connectivity index (χ3v) is 1.71. The predicted octanol–water partition coefficient (Wildman–Crippen LogP) is -0.177. The van der Waals surface area contributed by atoms with Crippen LogP contribution in [0.25, 0.3) is 0 Å². The van der Waals surface area contributed by atoms with Gasteiger partial charge in [0.25, 0.3) is 0 Å². The lowest BCUT2D eigenvalue weighted by Crippen LogP contribution is -2.36. The maximum atomic E-state index is 11.0. The van der Waals surface area contributed by atoms with Crippen molar-refractivity contribution >= 4 is 6.09 Å². The fourth-order valence-corrected chi connectivity index (χ4v) is 0.999. The Morgan fingerprint density at radius 2 is 2.58 bits per heavy atom. The van der Waals surface area contributed by atoms with E-state index in [9.17, 15) is 4.79 Å². The van der Waals surface area contributed by atoms with Crippen LogP contribution in [0.1, 0.15) is 6.92 Å². The van der Waals surface area contributed by atoms with Gasteiger partial charge in [0.2, 0.25) is 0 Å². The van der Waals surface area contributed by atoms with Crippen LogP contribution in [0.5, 0.6) is 0 Å². The Morgan fingerprint density at radius 3 is 3.17 bits per heavy atom. The van der Waals surface area contributed by atoms with Crippen molar-refractivity contribution in [1.82, 2.24) is 4.90 Å². The van der Waals surface area contributed by atoms with Gasteiger partial charge in [-0.2, -0.15) is 0 Å². The molecule has 0 saturated carbocycles. The molecule has 1 rings (SSSR count). The highest BCUT2D eigenvalue weighted by Gasteiger charge is 2.31. The van der Waals surface area contributed by atoms with Gasteiger partial charge in [0.1, 0.15) is 6.61 Å². The van der Waals surface area contributed by atoms with Crippen molar-refractivity contribution < 1.29 is 14.6 Å². The van der Waals surface area contributed by atoms with Gasteiger partial charge in [-0.3, -0.25) is 4.90 Å². The maximum absolute atomic E-state index is 11.0. The Kier molecular flexibility index (Phi) is 2.94. The molecule has 1 atom stereocenters. The van der Waals surface area contributed by atoms with E-state index >= 15 is 0 Å². The number of aliphatic hydroxyl groups excluding tert-OH is 1. The van der Waals surface area contributed by atoms with E-state index in [4.69, 9.17) is 9.84 Å². The van der Waals surface area contributed by atoms with E-state index in [-0.39, 0.29) is 19.3 Å². The molecule has 0 unspecified atom stereocenters. The number of carbonyl (C=O) groups is 1. The molecule has 1 saturated heterocycles. The lowest BCUT2D eigenvalue weighted by Gasteiger charge is -2.15. The highest BCUT2D eigenvalue weighted by atomic mass is 16.6. The largest absolute Gasteiger partial charge is 0.447 e. The number of cyclic esters (lactones) is 1. The molecular formula is C8H11NO3. The van der Waals surface area contributed by atoms with E-state index in [0.29, 0.717) is 6.54 Å². The van der Waals surface area contributed by atoms with Crippen LogP contribution in [0, 0.1) is 11.8 Å². The second kappa shape index (κ2) is 3.98. The molecule has 0 aliphatic carbocycles. The number of hydrogen-bond acceptors (Lipinski definition) is 3. The Labute approximate surface area is 71.1 Å². The van der Waals surface area contributed by atoms with Gasteiger partial charge in [-0.15, -0.1) is 5.92 Å². The number of hydrogen-bond donors (Lipinski definition) is 1. The van der Waals surface area contributed by atoms with E-state index in [1.54, 1.807) is 6.92 Å². The second-order valence-electron chi connectivity index (χ2n) is 2.47. The first-order chi connectivity index (χ1) is 5.79. The lowest BCUT2D eigenvalue weighted by molar-refractivity contribution is 0.159.